The van der Waals surface area contributed by atoms with E-state index in [2.05, 4.69) is 9.62 Å². The lowest BCUT2D eigenvalue weighted by Crippen LogP contribution is -2.52. The van der Waals surface area contributed by atoms with Gasteiger partial charge in [0.15, 0.2) is 0 Å². The van der Waals surface area contributed by atoms with Crippen molar-refractivity contribution in [1.82, 2.24) is 13.9 Å². The van der Waals surface area contributed by atoms with E-state index >= 15 is 0 Å². The smallest absolute Gasteiger partial charge is 0.279 e. The minimum absolute atomic E-state index is 0.0258. The number of methoxy groups -OCH3 is 2. The summed E-state index contributed by atoms with van der Waals surface area (Å²) in [6.45, 7) is 3.54. The average Bonchev–Trinajstić information content (AvgIpc) is 2.90. The van der Waals surface area contributed by atoms with E-state index in [4.69, 9.17) is 9.47 Å². The third-order valence-corrected chi connectivity index (χ3v) is 6.23. The quantitative estimate of drug-likeness (QED) is 0.644. The number of nitrogens with one attached hydrogen (secondary N) is 1. The summed E-state index contributed by atoms with van der Waals surface area (Å²) < 4.78 is 39.7. The second-order valence-electron chi connectivity index (χ2n) is 6.00. The highest BCUT2D eigenvalue weighted by Crippen LogP contribution is 2.27. The van der Waals surface area contributed by atoms with Crippen LogP contribution in [0.5, 0.6) is 0 Å². The van der Waals surface area contributed by atoms with Crippen molar-refractivity contribution in [3.63, 3.8) is 0 Å². The van der Waals surface area contributed by atoms with E-state index < -0.39 is 10.2 Å². The van der Waals surface area contributed by atoms with E-state index in [1.165, 1.54) is 17.1 Å². The Bertz CT molecular complexity index is 424. The first-order chi connectivity index (χ1) is 10.6. The van der Waals surface area contributed by atoms with Crippen molar-refractivity contribution >= 4 is 10.2 Å². The number of rotatable bonds is 9. The molecule has 130 valence electrons. The normalized spacial score (nSPS) is 26.5. The molecule has 0 aromatic rings. The van der Waals surface area contributed by atoms with Crippen LogP contribution in [-0.2, 0) is 19.7 Å². The molecule has 2 saturated heterocycles. The zero-order valence-corrected chi connectivity index (χ0v) is 14.5. The summed E-state index contributed by atoms with van der Waals surface area (Å²) in [5.41, 5.74) is 0. The van der Waals surface area contributed by atoms with Gasteiger partial charge in [0, 0.05) is 45.9 Å². The van der Waals surface area contributed by atoms with Gasteiger partial charge in [-0.2, -0.15) is 17.4 Å². The lowest BCUT2D eigenvalue weighted by atomic mass is 10.00. The Morgan fingerprint density at radius 1 is 1.09 bits per heavy atom. The monoisotopic (exact) mass is 335 g/mol. The maximum absolute atomic E-state index is 12.7. The molecule has 2 rings (SSSR count). The van der Waals surface area contributed by atoms with Crippen LogP contribution < -0.4 is 4.72 Å². The molecule has 0 radical (unpaired) electrons. The Morgan fingerprint density at radius 3 is 2.41 bits per heavy atom. The fraction of sp³-hybridized carbons (Fsp3) is 1.00. The van der Waals surface area contributed by atoms with Gasteiger partial charge < -0.3 is 9.47 Å². The van der Waals surface area contributed by atoms with E-state index in [0.717, 1.165) is 25.9 Å². The Balaban J connectivity index is 1.97. The largest absolute Gasteiger partial charge is 0.383 e. The van der Waals surface area contributed by atoms with E-state index in [-0.39, 0.29) is 6.04 Å². The zero-order chi connectivity index (χ0) is 16.0. The first-order valence-corrected chi connectivity index (χ1v) is 9.52. The summed E-state index contributed by atoms with van der Waals surface area (Å²) in [4.78, 5) is 2.42. The molecule has 2 aliphatic heterocycles. The van der Waals surface area contributed by atoms with Gasteiger partial charge in [0.1, 0.15) is 0 Å². The van der Waals surface area contributed by atoms with Gasteiger partial charge in [-0.25, -0.2) is 0 Å². The fourth-order valence-corrected chi connectivity index (χ4v) is 4.83. The van der Waals surface area contributed by atoms with E-state index in [9.17, 15) is 8.42 Å². The Morgan fingerprint density at radius 2 is 1.77 bits per heavy atom. The molecule has 2 atom stereocenters. The molecule has 0 unspecified atom stereocenters. The average molecular weight is 335 g/mol. The van der Waals surface area contributed by atoms with Crippen molar-refractivity contribution in [3.05, 3.63) is 0 Å². The van der Waals surface area contributed by atoms with Crippen molar-refractivity contribution in [1.29, 1.82) is 0 Å². The molecule has 0 aromatic carbocycles. The lowest BCUT2D eigenvalue weighted by molar-refractivity contribution is 0.148. The molecule has 2 heterocycles. The Hall–Kier alpha value is -0.250. The van der Waals surface area contributed by atoms with Crippen LogP contribution >= 0.6 is 0 Å². The fourth-order valence-electron chi connectivity index (χ4n) is 3.39. The second kappa shape index (κ2) is 8.56. The van der Waals surface area contributed by atoms with Gasteiger partial charge in [-0.1, -0.05) is 6.42 Å². The molecule has 2 fully saturated rings. The number of hydrogen-bond acceptors (Lipinski definition) is 5. The highest BCUT2D eigenvalue weighted by atomic mass is 32.2. The van der Waals surface area contributed by atoms with Crippen LogP contribution in [0.15, 0.2) is 0 Å². The summed E-state index contributed by atoms with van der Waals surface area (Å²) in [5.74, 6) is 0. The SMILES string of the molecule is COCCN(CCOC)S(=O)(=O)N[C@@H]1CCN2CCCC[C@@H]12. The number of nitrogens with zero attached hydrogens (tertiary/aromatic N) is 2. The number of piperidine rings is 1. The maximum Gasteiger partial charge on any atom is 0.279 e. The standard InChI is InChI=1S/C14H29N3O4S/c1-20-11-9-17(10-12-21-2)22(18,19)15-13-6-8-16-7-4-3-5-14(13)16/h13-15H,3-12H2,1-2H3/t13-,14+/m1/s1. The van der Waals surface area contributed by atoms with Crippen LogP contribution in [-0.4, -0.2) is 83.3 Å². The third-order valence-electron chi connectivity index (χ3n) is 4.59. The predicted octanol–water partition coefficient (Wildman–Crippen LogP) is 0.0424. The highest BCUT2D eigenvalue weighted by molar-refractivity contribution is 7.87. The third kappa shape index (κ3) is 4.62. The zero-order valence-electron chi connectivity index (χ0n) is 13.7. The van der Waals surface area contributed by atoms with Gasteiger partial charge >= 0.3 is 0 Å². The number of fused-ring (bicyclic) bond motifs is 1. The van der Waals surface area contributed by atoms with Gasteiger partial charge in [0.2, 0.25) is 0 Å². The van der Waals surface area contributed by atoms with Crippen molar-refractivity contribution in [2.24, 2.45) is 0 Å². The van der Waals surface area contributed by atoms with Gasteiger partial charge in [-0.05, 0) is 25.8 Å². The molecule has 0 saturated carbocycles. The molecule has 0 amide bonds. The van der Waals surface area contributed by atoms with Gasteiger partial charge in [0.05, 0.1) is 13.2 Å². The molecule has 2 aliphatic rings. The Labute approximate surface area is 134 Å². The molecular formula is C14H29N3O4S. The van der Waals surface area contributed by atoms with Crippen LogP contribution in [0.3, 0.4) is 0 Å². The molecule has 22 heavy (non-hydrogen) atoms. The second-order valence-corrected chi connectivity index (χ2v) is 7.70. The minimum atomic E-state index is -3.50. The van der Waals surface area contributed by atoms with Crippen LogP contribution in [0, 0.1) is 0 Å². The molecular weight excluding hydrogens is 306 g/mol. The molecule has 0 aromatic heterocycles. The highest BCUT2D eigenvalue weighted by Gasteiger charge is 2.38. The summed E-state index contributed by atoms with van der Waals surface area (Å²) >= 11 is 0. The predicted molar refractivity (Wildman–Crippen MR) is 85.0 cm³/mol. The molecule has 1 N–H and O–H groups in total. The van der Waals surface area contributed by atoms with Crippen molar-refractivity contribution in [3.8, 4) is 0 Å². The molecule has 0 bridgehead atoms. The summed E-state index contributed by atoms with van der Waals surface area (Å²) in [6.07, 6.45) is 4.40. The molecule has 8 heteroatoms. The minimum Gasteiger partial charge on any atom is -0.383 e. The van der Waals surface area contributed by atoms with E-state index in [0.29, 0.717) is 32.3 Å². The number of ether oxygens (including phenoxy) is 2. The van der Waals surface area contributed by atoms with E-state index in [1.54, 1.807) is 14.2 Å². The van der Waals surface area contributed by atoms with Crippen molar-refractivity contribution in [2.75, 3.05) is 53.6 Å². The summed E-state index contributed by atoms with van der Waals surface area (Å²) in [5, 5.41) is 0. The molecule has 0 spiro atoms. The topological polar surface area (TPSA) is 71.1 Å². The lowest BCUT2D eigenvalue weighted by Gasteiger charge is -2.33. The van der Waals surface area contributed by atoms with Crippen molar-refractivity contribution in [2.45, 2.75) is 37.8 Å². The van der Waals surface area contributed by atoms with Gasteiger partial charge in [-0.3, -0.25) is 4.90 Å². The van der Waals surface area contributed by atoms with Gasteiger partial charge in [-0.15, -0.1) is 0 Å². The van der Waals surface area contributed by atoms with Crippen LogP contribution in [0.1, 0.15) is 25.7 Å². The van der Waals surface area contributed by atoms with Gasteiger partial charge in [0.25, 0.3) is 10.2 Å². The maximum atomic E-state index is 12.7. The summed E-state index contributed by atoms with van der Waals surface area (Å²) in [7, 11) is -0.355. The van der Waals surface area contributed by atoms with Crippen molar-refractivity contribution < 1.29 is 17.9 Å². The molecule has 7 nitrogen and oxygen atoms in total. The first kappa shape index (κ1) is 18.1. The Kier molecular flexibility index (Phi) is 7.04. The molecule has 0 aliphatic carbocycles. The van der Waals surface area contributed by atoms with Crippen LogP contribution in [0.2, 0.25) is 0 Å². The number of hydrogen-bond donors (Lipinski definition) is 1. The van der Waals surface area contributed by atoms with Crippen LogP contribution in [0.4, 0.5) is 0 Å². The first-order valence-electron chi connectivity index (χ1n) is 8.08. The summed E-state index contributed by atoms with van der Waals surface area (Å²) in [6, 6.07) is 0.383. The van der Waals surface area contributed by atoms with E-state index in [1.807, 2.05) is 0 Å². The van der Waals surface area contributed by atoms with Crippen LogP contribution in [0.25, 0.3) is 0 Å².